The Balaban J connectivity index is 2.19. The number of aliphatic hydroxyl groups excluding tert-OH is 2. The van der Waals surface area contributed by atoms with Crippen molar-refractivity contribution in [1.29, 1.82) is 0 Å². The fourth-order valence-corrected chi connectivity index (χ4v) is 2.01. The molecule has 2 rings (SSSR count). The summed E-state index contributed by atoms with van der Waals surface area (Å²) in [6.07, 6.45) is -0.131. The Labute approximate surface area is 113 Å². The van der Waals surface area contributed by atoms with E-state index >= 15 is 0 Å². The summed E-state index contributed by atoms with van der Waals surface area (Å²) in [6.45, 7) is -0.307. The van der Waals surface area contributed by atoms with Crippen LogP contribution in [0.3, 0.4) is 0 Å². The molecule has 0 saturated heterocycles. The molecule has 10 heteroatoms. The van der Waals surface area contributed by atoms with Crippen LogP contribution in [0.2, 0.25) is 5.15 Å². The number of anilines is 2. The van der Waals surface area contributed by atoms with Crippen molar-refractivity contribution in [2.45, 2.75) is 18.6 Å². The molecule has 1 fully saturated rings. The summed E-state index contributed by atoms with van der Waals surface area (Å²) >= 11 is 5.82. The van der Waals surface area contributed by atoms with Gasteiger partial charge in [0.15, 0.2) is 0 Å². The van der Waals surface area contributed by atoms with Gasteiger partial charge < -0.3 is 21.3 Å². The van der Waals surface area contributed by atoms with E-state index in [0.717, 1.165) is 0 Å². The van der Waals surface area contributed by atoms with Crippen LogP contribution in [-0.4, -0.2) is 38.9 Å². The maximum Gasteiger partial charge on any atom is 0.223 e. The normalized spacial score (nSPS) is 22.5. The smallest absolute Gasteiger partial charge is 0.223 e. The molecule has 0 unspecified atom stereocenters. The number of nitrogens with one attached hydrogen (secondary N) is 1. The molecule has 0 radical (unpaired) electrons. The Morgan fingerprint density at radius 1 is 1.63 bits per heavy atom. The molecule has 1 aliphatic carbocycles. The minimum atomic E-state index is -0.796. The lowest BCUT2D eigenvalue weighted by atomic mass is 10.2. The van der Waals surface area contributed by atoms with Crippen molar-refractivity contribution in [2.24, 2.45) is 11.0 Å². The van der Waals surface area contributed by atoms with Gasteiger partial charge in [-0.1, -0.05) is 16.7 Å². The van der Waals surface area contributed by atoms with E-state index in [4.69, 9.17) is 28.0 Å². The molecule has 0 aromatic carbocycles. The van der Waals surface area contributed by atoms with Crippen molar-refractivity contribution in [2.75, 3.05) is 17.7 Å². The maximum atomic E-state index is 9.47. The molecule has 1 aliphatic rings. The third-order valence-corrected chi connectivity index (χ3v) is 3.11. The second kappa shape index (κ2) is 5.45. The fraction of sp³-hybridized carbons (Fsp3) is 0.556. The number of nitrogen functional groups attached to an aromatic ring is 1. The highest BCUT2D eigenvalue weighted by molar-refractivity contribution is 6.32. The molecule has 1 saturated carbocycles. The summed E-state index contributed by atoms with van der Waals surface area (Å²) < 4.78 is 0. The summed E-state index contributed by atoms with van der Waals surface area (Å²) in [4.78, 5) is 10.2. The van der Waals surface area contributed by atoms with Gasteiger partial charge in [-0.2, -0.15) is 4.98 Å². The van der Waals surface area contributed by atoms with Crippen molar-refractivity contribution in [3.8, 4) is 0 Å². The molecule has 1 aromatic heterocycles. The molecule has 0 spiro atoms. The molecule has 1 aromatic rings. The van der Waals surface area contributed by atoms with Crippen molar-refractivity contribution in [1.82, 2.24) is 9.97 Å². The van der Waals surface area contributed by atoms with Gasteiger partial charge in [0.1, 0.15) is 16.7 Å². The zero-order chi connectivity index (χ0) is 14.0. The van der Waals surface area contributed by atoms with Crippen molar-refractivity contribution in [3.05, 3.63) is 15.6 Å². The van der Waals surface area contributed by atoms with Crippen LogP contribution in [0.4, 0.5) is 17.5 Å². The van der Waals surface area contributed by atoms with Gasteiger partial charge in [-0.05, 0) is 12.0 Å². The van der Waals surface area contributed by atoms with Gasteiger partial charge in [-0.3, -0.25) is 0 Å². The number of halogens is 1. The van der Waals surface area contributed by atoms with Crippen LogP contribution in [0.1, 0.15) is 6.42 Å². The van der Waals surface area contributed by atoms with Crippen LogP contribution in [0.5, 0.6) is 0 Å². The molecule has 5 N–H and O–H groups in total. The van der Waals surface area contributed by atoms with Gasteiger partial charge in [-0.25, -0.2) is 4.98 Å². The first-order chi connectivity index (χ1) is 9.06. The summed E-state index contributed by atoms with van der Waals surface area (Å²) in [5, 5.41) is 24.6. The number of rotatable bonds is 5. The molecule has 0 amide bonds. The van der Waals surface area contributed by atoms with Crippen molar-refractivity contribution >= 4 is 29.1 Å². The minimum absolute atomic E-state index is 0.0484. The van der Waals surface area contributed by atoms with Crippen LogP contribution in [0, 0.1) is 5.92 Å². The van der Waals surface area contributed by atoms with Crippen LogP contribution in [0.15, 0.2) is 5.11 Å². The van der Waals surface area contributed by atoms with E-state index in [1.54, 1.807) is 0 Å². The Kier molecular flexibility index (Phi) is 3.91. The van der Waals surface area contributed by atoms with Gasteiger partial charge in [0.2, 0.25) is 5.95 Å². The van der Waals surface area contributed by atoms with E-state index in [0.29, 0.717) is 6.42 Å². The number of aliphatic hydroxyl groups is 2. The lowest BCUT2D eigenvalue weighted by Crippen LogP contribution is -2.20. The zero-order valence-electron chi connectivity index (χ0n) is 9.73. The molecular formula is C9H12ClN7O2. The van der Waals surface area contributed by atoms with Crippen LogP contribution < -0.4 is 11.1 Å². The molecule has 1 heterocycles. The highest BCUT2D eigenvalue weighted by Gasteiger charge is 2.42. The summed E-state index contributed by atoms with van der Waals surface area (Å²) in [7, 11) is 0. The lowest BCUT2D eigenvalue weighted by Gasteiger charge is -2.11. The van der Waals surface area contributed by atoms with E-state index in [-0.39, 0.29) is 41.2 Å². The van der Waals surface area contributed by atoms with Gasteiger partial charge in [0.05, 0.1) is 12.7 Å². The van der Waals surface area contributed by atoms with E-state index < -0.39 is 6.10 Å². The average molecular weight is 286 g/mol. The summed E-state index contributed by atoms with van der Waals surface area (Å²) in [6, 6.07) is -0.0832. The average Bonchev–Trinajstić information content (AvgIpc) is 3.12. The highest BCUT2D eigenvalue weighted by atomic mass is 35.5. The summed E-state index contributed by atoms with van der Waals surface area (Å²) in [5.74, 6) is 0.0797. The first-order valence-corrected chi connectivity index (χ1v) is 5.88. The number of aromatic nitrogens is 2. The van der Waals surface area contributed by atoms with Crippen LogP contribution in [-0.2, 0) is 0 Å². The second-order valence-corrected chi connectivity index (χ2v) is 4.52. The predicted octanol–water partition coefficient (Wildman–Crippen LogP) is 0.808. The fourth-order valence-electron chi connectivity index (χ4n) is 1.79. The summed E-state index contributed by atoms with van der Waals surface area (Å²) in [5.41, 5.74) is 14.0. The predicted molar refractivity (Wildman–Crippen MR) is 68.9 cm³/mol. The van der Waals surface area contributed by atoms with Gasteiger partial charge >= 0.3 is 0 Å². The van der Waals surface area contributed by atoms with E-state index in [1.807, 2.05) is 0 Å². The number of hydrogen-bond acceptors (Lipinski definition) is 7. The molecule has 0 bridgehead atoms. The third kappa shape index (κ3) is 2.96. The SMILES string of the molecule is [N-]=[N+]=Nc1c(Cl)nc(N)nc1N[C@H]1C[C@H]1[C@H](O)CO. The van der Waals surface area contributed by atoms with Crippen molar-refractivity contribution in [3.63, 3.8) is 0 Å². The quantitative estimate of drug-likeness (QED) is 0.272. The third-order valence-electron chi connectivity index (χ3n) is 2.85. The van der Waals surface area contributed by atoms with Gasteiger partial charge in [0, 0.05) is 16.9 Å². The Morgan fingerprint density at radius 3 is 3.00 bits per heavy atom. The number of hydrogen-bond donors (Lipinski definition) is 4. The maximum absolute atomic E-state index is 9.47. The topological polar surface area (TPSA) is 153 Å². The van der Waals surface area contributed by atoms with Crippen LogP contribution >= 0.6 is 11.6 Å². The van der Waals surface area contributed by atoms with Crippen LogP contribution in [0.25, 0.3) is 10.4 Å². The number of azide groups is 1. The van der Waals surface area contributed by atoms with Gasteiger partial charge in [-0.15, -0.1) is 0 Å². The molecule has 19 heavy (non-hydrogen) atoms. The van der Waals surface area contributed by atoms with E-state index in [2.05, 4.69) is 25.3 Å². The Morgan fingerprint density at radius 2 is 2.37 bits per heavy atom. The second-order valence-electron chi connectivity index (χ2n) is 4.16. The molecule has 0 aliphatic heterocycles. The molecule has 9 nitrogen and oxygen atoms in total. The first-order valence-electron chi connectivity index (χ1n) is 5.50. The first kappa shape index (κ1) is 13.6. The highest BCUT2D eigenvalue weighted by Crippen LogP contribution is 2.39. The largest absolute Gasteiger partial charge is 0.394 e. The van der Waals surface area contributed by atoms with E-state index in [9.17, 15) is 5.11 Å². The monoisotopic (exact) mass is 285 g/mol. The molecule has 3 atom stereocenters. The molecule has 102 valence electrons. The van der Waals surface area contributed by atoms with E-state index in [1.165, 1.54) is 0 Å². The number of nitrogens with zero attached hydrogens (tertiary/aromatic N) is 5. The van der Waals surface area contributed by atoms with Gasteiger partial charge in [0.25, 0.3) is 0 Å². The Bertz CT molecular complexity index is 534. The standard InChI is InChI=1S/C9H12ClN7O2/c10-7-6(16-17-12)8(15-9(11)14-7)13-4-1-3(4)5(19)2-18/h3-5,18-19H,1-2H2,(H3,11,13,14,15)/t3-,4+,5-/m1/s1. The Hall–Kier alpha value is -1.80. The minimum Gasteiger partial charge on any atom is -0.394 e. The van der Waals surface area contributed by atoms with Crippen molar-refractivity contribution < 1.29 is 10.2 Å². The zero-order valence-corrected chi connectivity index (χ0v) is 10.5. The number of nitrogens with two attached hydrogens (primary N) is 1. The lowest BCUT2D eigenvalue weighted by molar-refractivity contribution is 0.0772. The molecular weight excluding hydrogens is 274 g/mol.